The molecule has 0 bridgehead atoms. The van der Waals surface area contributed by atoms with E-state index in [0.717, 1.165) is 18.4 Å². The maximum Gasteiger partial charge on any atom is 0.340 e. The maximum atomic E-state index is 13.2. The van der Waals surface area contributed by atoms with Crippen molar-refractivity contribution in [2.24, 2.45) is 0 Å². The number of methoxy groups -OCH3 is 1. The Bertz CT molecular complexity index is 1190. The van der Waals surface area contributed by atoms with Crippen LogP contribution in [-0.4, -0.2) is 55.7 Å². The molecular formula is C28H30N2O6. The van der Waals surface area contributed by atoms with Crippen LogP contribution in [0.15, 0.2) is 65.4 Å². The lowest BCUT2D eigenvalue weighted by Crippen LogP contribution is -2.33. The number of hydrogen-bond donors (Lipinski definition) is 1. The summed E-state index contributed by atoms with van der Waals surface area (Å²) in [5.41, 5.74) is 3.63. The molecule has 1 fully saturated rings. The molecule has 1 atom stereocenters. The van der Waals surface area contributed by atoms with Crippen LogP contribution in [0.1, 0.15) is 30.9 Å². The van der Waals surface area contributed by atoms with Gasteiger partial charge in [-0.2, -0.15) is 0 Å². The van der Waals surface area contributed by atoms with Crippen molar-refractivity contribution in [3.05, 3.63) is 76.5 Å². The fraction of sp³-hybridized carbons (Fsp3) is 0.321. The molecule has 2 aromatic carbocycles. The van der Waals surface area contributed by atoms with Crippen LogP contribution in [0.2, 0.25) is 0 Å². The highest BCUT2D eigenvalue weighted by atomic mass is 16.5. The zero-order valence-corrected chi connectivity index (χ0v) is 20.7. The van der Waals surface area contributed by atoms with Crippen molar-refractivity contribution in [2.75, 3.05) is 32.2 Å². The molecule has 0 aliphatic carbocycles. The van der Waals surface area contributed by atoms with Gasteiger partial charge in [0, 0.05) is 18.0 Å². The van der Waals surface area contributed by atoms with Crippen molar-refractivity contribution in [2.45, 2.75) is 32.8 Å². The third-order valence-electron chi connectivity index (χ3n) is 6.21. The molecule has 2 aromatic rings. The number of anilines is 1. The summed E-state index contributed by atoms with van der Waals surface area (Å²) >= 11 is 0. The number of nitrogens with one attached hydrogen (secondary N) is 1. The van der Waals surface area contributed by atoms with E-state index in [0.29, 0.717) is 35.8 Å². The number of ether oxygens (including phenoxy) is 3. The van der Waals surface area contributed by atoms with Crippen LogP contribution >= 0.6 is 0 Å². The van der Waals surface area contributed by atoms with Gasteiger partial charge in [0.05, 0.1) is 30.9 Å². The molecule has 1 saturated heterocycles. The van der Waals surface area contributed by atoms with Crippen LogP contribution in [-0.2, 0) is 23.9 Å². The van der Waals surface area contributed by atoms with Crippen molar-refractivity contribution < 1.29 is 28.6 Å². The molecule has 2 aliphatic heterocycles. The number of esters is 1. The largest absolute Gasteiger partial charge is 0.484 e. The third kappa shape index (κ3) is 5.83. The van der Waals surface area contributed by atoms with Crippen molar-refractivity contribution >= 4 is 29.5 Å². The van der Waals surface area contributed by atoms with Gasteiger partial charge in [0.2, 0.25) is 0 Å². The number of nitrogens with zero attached hydrogens (tertiary/aromatic N) is 1. The third-order valence-corrected chi connectivity index (χ3v) is 6.21. The molecular weight excluding hydrogens is 460 g/mol. The van der Waals surface area contributed by atoms with E-state index in [2.05, 4.69) is 5.32 Å². The highest BCUT2D eigenvalue weighted by molar-refractivity contribution is 6.16. The molecule has 8 heteroatoms. The van der Waals surface area contributed by atoms with E-state index < -0.39 is 5.97 Å². The SMILES string of the molecule is COC(=O)C1=C(C)N(C[C@@H]2CCCO2)C(=O)/C1=C\c1ccc(OCC(=O)Nc2ccc(C)cc2)cc1. The standard InChI is InChI=1S/C28H30N2O6/c1-18-6-10-21(11-7-18)29-25(31)17-36-22-12-8-20(9-13-22)15-24-26(28(33)34-3)19(2)30(27(24)32)16-23-5-4-14-35-23/h6-13,15,23H,4-5,14,16-17H2,1-3H3,(H,29,31)/b24-15-/t23-/m0/s1. The number of rotatable bonds is 8. The topological polar surface area (TPSA) is 94.2 Å². The summed E-state index contributed by atoms with van der Waals surface area (Å²) in [6, 6.07) is 14.5. The van der Waals surface area contributed by atoms with Gasteiger partial charge in [0.1, 0.15) is 5.75 Å². The van der Waals surface area contributed by atoms with Gasteiger partial charge in [-0.05, 0) is 62.6 Å². The predicted octanol–water partition coefficient (Wildman–Crippen LogP) is 3.86. The van der Waals surface area contributed by atoms with E-state index in [4.69, 9.17) is 14.2 Å². The first-order valence-electron chi connectivity index (χ1n) is 11.9. The minimum Gasteiger partial charge on any atom is -0.484 e. The number of allylic oxidation sites excluding steroid dienone is 1. The Hall–Kier alpha value is -3.91. The second kappa shape index (κ2) is 11.2. The lowest BCUT2D eigenvalue weighted by molar-refractivity contribution is -0.136. The van der Waals surface area contributed by atoms with Gasteiger partial charge < -0.3 is 24.4 Å². The summed E-state index contributed by atoms with van der Waals surface area (Å²) < 4.78 is 16.2. The summed E-state index contributed by atoms with van der Waals surface area (Å²) in [6.07, 6.45) is 3.47. The first kappa shape index (κ1) is 25.2. The molecule has 36 heavy (non-hydrogen) atoms. The van der Waals surface area contributed by atoms with E-state index in [9.17, 15) is 14.4 Å². The minimum absolute atomic E-state index is 0.0400. The molecule has 0 aromatic heterocycles. The molecule has 0 radical (unpaired) electrons. The molecule has 188 valence electrons. The van der Waals surface area contributed by atoms with E-state index in [1.807, 2.05) is 31.2 Å². The highest BCUT2D eigenvalue weighted by Gasteiger charge is 2.38. The van der Waals surface area contributed by atoms with E-state index in [-0.39, 0.29) is 35.7 Å². The van der Waals surface area contributed by atoms with Crippen molar-refractivity contribution in [3.8, 4) is 5.75 Å². The second-order valence-corrected chi connectivity index (χ2v) is 8.83. The Morgan fingerprint density at radius 2 is 1.83 bits per heavy atom. The predicted molar refractivity (Wildman–Crippen MR) is 135 cm³/mol. The molecule has 1 N–H and O–H groups in total. The fourth-order valence-corrected chi connectivity index (χ4v) is 4.25. The Labute approximate surface area is 210 Å². The maximum absolute atomic E-state index is 13.2. The van der Waals surface area contributed by atoms with Crippen molar-refractivity contribution in [3.63, 3.8) is 0 Å². The Morgan fingerprint density at radius 1 is 1.11 bits per heavy atom. The van der Waals surface area contributed by atoms with Gasteiger partial charge in [0.15, 0.2) is 6.61 Å². The van der Waals surface area contributed by atoms with Crippen LogP contribution in [0.4, 0.5) is 5.69 Å². The molecule has 2 aliphatic rings. The fourth-order valence-electron chi connectivity index (χ4n) is 4.25. The Kier molecular flexibility index (Phi) is 7.85. The molecule has 0 unspecified atom stereocenters. The highest BCUT2D eigenvalue weighted by Crippen LogP contribution is 2.33. The number of carbonyl (C=O) groups excluding carboxylic acids is 3. The first-order chi connectivity index (χ1) is 17.4. The van der Waals surface area contributed by atoms with Gasteiger partial charge in [0.25, 0.3) is 11.8 Å². The van der Waals surface area contributed by atoms with Crippen LogP contribution in [0.25, 0.3) is 6.08 Å². The quantitative estimate of drug-likeness (QED) is 0.446. The van der Waals surface area contributed by atoms with Gasteiger partial charge in [-0.1, -0.05) is 29.8 Å². The molecule has 8 nitrogen and oxygen atoms in total. The number of amides is 2. The lowest BCUT2D eigenvalue weighted by Gasteiger charge is -2.21. The van der Waals surface area contributed by atoms with E-state index >= 15 is 0 Å². The van der Waals surface area contributed by atoms with Crippen molar-refractivity contribution in [1.29, 1.82) is 0 Å². The molecule has 0 saturated carbocycles. The number of hydrogen-bond acceptors (Lipinski definition) is 6. The Balaban J connectivity index is 1.43. The normalized spacial score (nSPS) is 18.6. The lowest BCUT2D eigenvalue weighted by atomic mass is 10.0. The van der Waals surface area contributed by atoms with Crippen molar-refractivity contribution in [1.82, 2.24) is 4.90 Å². The smallest absolute Gasteiger partial charge is 0.340 e. The summed E-state index contributed by atoms with van der Waals surface area (Å²) in [5.74, 6) is -0.567. The van der Waals surface area contributed by atoms with Gasteiger partial charge in [-0.15, -0.1) is 0 Å². The zero-order valence-electron chi connectivity index (χ0n) is 20.7. The number of aryl methyl sites for hydroxylation is 1. The molecule has 2 amide bonds. The van der Waals surface area contributed by atoms with Crippen LogP contribution in [0.3, 0.4) is 0 Å². The number of benzene rings is 2. The monoisotopic (exact) mass is 490 g/mol. The average Bonchev–Trinajstić information content (AvgIpc) is 3.47. The molecule has 0 spiro atoms. The number of carbonyl (C=O) groups is 3. The van der Waals surface area contributed by atoms with E-state index in [1.54, 1.807) is 42.2 Å². The van der Waals surface area contributed by atoms with Gasteiger partial charge in [-0.25, -0.2) is 4.79 Å². The summed E-state index contributed by atoms with van der Waals surface area (Å²) in [6.45, 7) is 4.67. The van der Waals surface area contributed by atoms with Crippen LogP contribution < -0.4 is 10.1 Å². The Morgan fingerprint density at radius 3 is 2.47 bits per heavy atom. The zero-order chi connectivity index (χ0) is 25.7. The summed E-state index contributed by atoms with van der Waals surface area (Å²) in [4.78, 5) is 39.5. The summed E-state index contributed by atoms with van der Waals surface area (Å²) in [5, 5.41) is 2.79. The second-order valence-electron chi connectivity index (χ2n) is 8.83. The van der Waals surface area contributed by atoms with E-state index in [1.165, 1.54) is 7.11 Å². The summed E-state index contributed by atoms with van der Waals surface area (Å²) in [7, 11) is 1.30. The molecule has 2 heterocycles. The first-order valence-corrected chi connectivity index (χ1v) is 11.9. The molecule has 4 rings (SSSR count). The van der Waals surface area contributed by atoms with Gasteiger partial charge >= 0.3 is 5.97 Å². The van der Waals surface area contributed by atoms with Crippen LogP contribution in [0, 0.1) is 6.92 Å². The minimum atomic E-state index is -0.554. The van der Waals surface area contributed by atoms with Gasteiger partial charge in [-0.3, -0.25) is 9.59 Å². The van der Waals surface area contributed by atoms with Crippen LogP contribution in [0.5, 0.6) is 5.75 Å². The average molecular weight is 491 g/mol.